The Balaban J connectivity index is 4.00. The second kappa shape index (κ2) is 6.60. The molecule has 0 saturated heterocycles. The minimum absolute atomic E-state index is 0.0556. The highest BCUT2D eigenvalue weighted by atomic mass is 16.1. The molecule has 0 aromatic rings. The maximum absolute atomic E-state index is 11.6. The molecule has 0 heterocycles. The first-order valence-electron chi connectivity index (χ1n) is 5.10. The highest BCUT2D eigenvalue weighted by Crippen LogP contribution is 2.08. The number of carbonyl (C=O) groups excluding carboxylic acids is 1. The van der Waals surface area contributed by atoms with Crippen molar-refractivity contribution in [3.05, 3.63) is 11.6 Å². The van der Waals surface area contributed by atoms with Gasteiger partial charge >= 0.3 is 0 Å². The molecular formula is C11H22N2O. The van der Waals surface area contributed by atoms with Crippen molar-refractivity contribution in [2.24, 2.45) is 17.6 Å². The van der Waals surface area contributed by atoms with Gasteiger partial charge in [0.05, 0.1) is 5.92 Å². The predicted octanol–water partition coefficient (Wildman–Crippen LogP) is 1.30. The number of nitrogens with two attached hydrogens (primary N) is 1. The summed E-state index contributed by atoms with van der Waals surface area (Å²) in [6.45, 7) is 9.06. The van der Waals surface area contributed by atoms with Gasteiger partial charge in [0.1, 0.15) is 0 Å². The van der Waals surface area contributed by atoms with Crippen molar-refractivity contribution in [3.8, 4) is 0 Å². The number of nitrogens with one attached hydrogen (secondary N) is 1. The van der Waals surface area contributed by atoms with Crippen LogP contribution >= 0.6 is 0 Å². The Hall–Kier alpha value is -0.830. The maximum atomic E-state index is 11.6. The largest absolute Gasteiger partial charge is 0.352 e. The van der Waals surface area contributed by atoms with E-state index in [1.807, 2.05) is 33.8 Å². The van der Waals surface area contributed by atoms with Gasteiger partial charge in [0.15, 0.2) is 0 Å². The first kappa shape index (κ1) is 13.2. The second-order valence-corrected chi connectivity index (χ2v) is 4.11. The normalized spacial score (nSPS) is 12.4. The second-order valence-electron chi connectivity index (χ2n) is 4.11. The summed E-state index contributed by atoms with van der Waals surface area (Å²) in [5, 5.41) is 2.85. The number of amides is 1. The Labute approximate surface area is 86.8 Å². The van der Waals surface area contributed by atoms with Crippen molar-refractivity contribution in [1.82, 2.24) is 5.32 Å². The molecule has 0 fully saturated rings. The summed E-state index contributed by atoms with van der Waals surface area (Å²) in [5.74, 6) is 0.285. The molecule has 3 nitrogen and oxygen atoms in total. The van der Waals surface area contributed by atoms with Crippen LogP contribution in [0.5, 0.6) is 0 Å². The Kier molecular flexibility index (Phi) is 6.21. The van der Waals surface area contributed by atoms with Crippen LogP contribution in [0.4, 0.5) is 0 Å². The number of hydrogen-bond donors (Lipinski definition) is 2. The third kappa shape index (κ3) is 5.02. The highest BCUT2D eigenvalue weighted by Gasteiger charge is 2.19. The van der Waals surface area contributed by atoms with Gasteiger partial charge in [0, 0.05) is 13.1 Å². The highest BCUT2D eigenvalue weighted by molar-refractivity contribution is 5.79. The van der Waals surface area contributed by atoms with E-state index in [-0.39, 0.29) is 11.8 Å². The molecular weight excluding hydrogens is 176 g/mol. The molecule has 0 aliphatic heterocycles. The summed E-state index contributed by atoms with van der Waals surface area (Å²) < 4.78 is 0. The van der Waals surface area contributed by atoms with Crippen LogP contribution in [-0.2, 0) is 4.79 Å². The van der Waals surface area contributed by atoms with Gasteiger partial charge in [-0.05, 0) is 19.8 Å². The van der Waals surface area contributed by atoms with E-state index >= 15 is 0 Å². The first-order valence-corrected chi connectivity index (χ1v) is 5.10. The van der Waals surface area contributed by atoms with Gasteiger partial charge < -0.3 is 11.1 Å². The average Bonchev–Trinajstić information content (AvgIpc) is 2.03. The fourth-order valence-corrected chi connectivity index (χ4v) is 1.17. The zero-order valence-electron chi connectivity index (χ0n) is 9.63. The van der Waals surface area contributed by atoms with Crippen molar-refractivity contribution in [1.29, 1.82) is 0 Å². The lowest BCUT2D eigenvalue weighted by Gasteiger charge is -2.17. The molecule has 82 valence electrons. The lowest BCUT2D eigenvalue weighted by atomic mass is 9.95. The molecule has 0 aromatic heterocycles. The lowest BCUT2D eigenvalue weighted by Crippen LogP contribution is -2.38. The fraction of sp³-hybridized carbons (Fsp3) is 0.727. The fourth-order valence-electron chi connectivity index (χ4n) is 1.17. The van der Waals surface area contributed by atoms with Gasteiger partial charge in [-0.15, -0.1) is 0 Å². The van der Waals surface area contributed by atoms with Crippen LogP contribution in [0.1, 0.15) is 27.7 Å². The quantitative estimate of drug-likeness (QED) is 0.654. The van der Waals surface area contributed by atoms with Crippen LogP contribution in [0, 0.1) is 11.8 Å². The molecule has 3 heteroatoms. The molecule has 0 aliphatic carbocycles. The van der Waals surface area contributed by atoms with Crippen LogP contribution in [0.15, 0.2) is 11.6 Å². The van der Waals surface area contributed by atoms with Crippen LogP contribution in [0.3, 0.4) is 0 Å². The van der Waals surface area contributed by atoms with Crippen LogP contribution in [0.25, 0.3) is 0 Å². The predicted molar refractivity (Wildman–Crippen MR) is 59.8 cm³/mol. The molecule has 3 N–H and O–H groups in total. The van der Waals surface area contributed by atoms with E-state index in [1.54, 1.807) is 0 Å². The first-order chi connectivity index (χ1) is 6.49. The number of carbonyl (C=O) groups is 1. The molecule has 14 heavy (non-hydrogen) atoms. The Morgan fingerprint density at radius 3 is 2.36 bits per heavy atom. The van der Waals surface area contributed by atoms with Crippen LogP contribution in [0.2, 0.25) is 0 Å². The summed E-state index contributed by atoms with van der Waals surface area (Å²) in [4.78, 5) is 11.6. The number of allylic oxidation sites excluding steroid dienone is 1. The van der Waals surface area contributed by atoms with Crippen molar-refractivity contribution in [2.75, 3.05) is 13.1 Å². The van der Waals surface area contributed by atoms with Gasteiger partial charge in [0.2, 0.25) is 5.91 Å². The molecule has 0 aromatic carbocycles. The molecule has 0 rings (SSSR count). The molecule has 0 spiro atoms. The molecule has 0 radical (unpaired) electrons. The number of rotatable bonds is 5. The van der Waals surface area contributed by atoms with Crippen molar-refractivity contribution < 1.29 is 4.79 Å². The van der Waals surface area contributed by atoms with Gasteiger partial charge in [0.25, 0.3) is 0 Å². The molecule has 1 atom stereocenters. The maximum Gasteiger partial charge on any atom is 0.224 e. The average molecular weight is 198 g/mol. The van der Waals surface area contributed by atoms with E-state index in [4.69, 9.17) is 5.73 Å². The van der Waals surface area contributed by atoms with Crippen molar-refractivity contribution >= 4 is 5.91 Å². The van der Waals surface area contributed by atoms with Gasteiger partial charge in [-0.1, -0.05) is 25.5 Å². The van der Waals surface area contributed by atoms with Gasteiger partial charge in [-0.2, -0.15) is 0 Å². The number of hydrogen-bond acceptors (Lipinski definition) is 2. The topological polar surface area (TPSA) is 55.1 Å². The van der Waals surface area contributed by atoms with E-state index < -0.39 is 0 Å². The summed E-state index contributed by atoms with van der Waals surface area (Å²) >= 11 is 0. The van der Waals surface area contributed by atoms with Crippen LogP contribution in [-0.4, -0.2) is 19.0 Å². The molecule has 0 aliphatic rings. The summed E-state index contributed by atoms with van der Waals surface area (Å²) in [6.07, 6.45) is 1.99. The van der Waals surface area contributed by atoms with Gasteiger partial charge in [-0.3, -0.25) is 4.79 Å². The summed E-state index contributed by atoms with van der Waals surface area (Å²) in [5.41, 5.74) is 6.74. The Bertz CT molecular complexity index is 205. The summed E-state index contributed by atoms with van der Waals surface area (Å²) in [7, 11) is 0. The summed E-state index contributed by atoms with van der Waals surface area (Å²) in [6, 6.07) is 0. The smallest absolute Gasteiger partial charge is 0.224 e. The zero-order valence-corrected chi connectivity index (χ0v) is 9.63. The van der Waals surface area contributed by atoms with Crippen molar-refractivity contribution in [2.45, 2.75) is 27.7 Å². The van der Waals surface area contributed by atoms with E-state index in [2.05, 4.69) is 5.32 Å². The third-order valence-electron chi connectivity index (χ3n) is 2.18. The monoisotopic (exact) mass is 198 g/mol. The Morgan fingerprint density at radius 2 is 2.00 bits per heavy atom. The molecule has 1 unspecified atom stereocenters. The zero-order chi connectivity index (χ0) is 11.1. The lowest BCUT2D eigenvalue weighted by molar-refractivity contribution is -0.125. The SMILES string of the molecule is CC(C)=CCNC(=O)C(CN)C(C)C. The molecule has 0 saturated carbocycles. The van der Waals surface area contributed by atoms with E-state index in [0.717, 1.165) is 0 Å². The molecule has 0 bridgehead atoms. The third-order valence-corrected chi connectivity index (χ3v) is 2.18. The standard InChI is InChI=1S/C11H22N2O/c1-8(2)5-6-13-11(14)10(7-12)9(3)4/h5,9-10H,6-7,12H2,1-4H3,(H,13,14). The van der Waals surface area contributed by atoms with E-state index in [1.165, 1.54) is 5.57 Å². The minimum Gasteiger partial charge on any atom is -0.352 e. The van der Waals surface area contributed by atoms with E-state index in [0.29, 0.717) is 19.0 Å². The van der Waals surface area contributed by atoms with Gasteiger partial charge in [-0.25, -0.2) is 0 Å². The van der Waals surface area contributed by atoms with Crippen LogP contribution < -0.4 is 11.1 Å². The van der Waals surface area contributed by atoms with Crippen molar-refractivity contribution in [3.63, 3.8) is 0 Å². The minimum atomic E-state index is -0.0689. The Morgan fingerprint density at radius 1 is 1.43 bits per heavy atom. The molecule has 1 amide bonds. The van der Waals surface area contributed by atoms with E-state index in [9.17, 15) is 4.79 Å².